The Bertz CT molecular complexity index is 784. The van der Waals surface area contributed by atoms with Crippen molar-refractivity contribution >= 4 is 28.8 Å². The van der Waals surface area contributed by atoms with Crippen molar-refractivity contribution in [2.45, 2.75) is 6.10 Å². The van der Waals surface area contributed by atoms with E-state index in [4.69, 9.17) is 11.6 Å². The molecule has 2 aromatic heterocycles. The molecule has 1 aromatic carbocycles. The molecule has 3 rings (SSSR count). The van der Waals surface area contributed by atoms with Crippen molar-refractivity contribution in [3.8, 4) is 5.69 Å². The van der Waals surface area contributed by atoms with Gasteiger partial charge in [0.05, 0.1) is 10.7 Å². The zero-order valence-electron chi connectivity index (χ0n) is 12.0. The van der Waals surface area contributed by atoms with Gasteiger partial charge in [-0.1, -0.05) is 11.6 Å². The minimum absolute atomic E-state index is 0.138. The summed E-state index contributed by atoms with van der Waals surface area (Å²) >= 11 is 7.13. The Morgan fingerprint density at radius 2 is 2.09 bits per heavy atom. The molecule has 0 aliphatic rings. The summed E-state index contributed by atoms with van der Waals surface area (Å²) in [6.45, 7) is 0.138. The Morgan fingerprint density at radius 3 is 2.70 bits per heavy atom. The van der Waals surface area contributed by atoms with E-state index in [9.17, 15) is 9.90 Å². The number of carbonyl (C=O) groups is 1. The Labute approximate surface area is 142 Å². The highest BCUT2D eigenvalue weighted by atomic mass is 35.5. The summed E-state index contributed by atoms with van der Waals surface area (Å²) in [4.78, 5) is 16.8. The summed E-state index contributed by atoms with van der Waals surface area (Å²) in [6.07, 6.45) is 4.45. The van der Waals surface area contributed by atoms with Gasteiger partial charge in [-0.15, -0.1) is 11.3 Å². The van der Waals surface area contributed by atoms with Crippen molar-refractivity contribution in [2.75, 3.05) is 6.54 Å². The minimum Gasteiger partial charge on any atom is -0.386 e. The van der Waals surface area contributed by atoms with Gasteiger partial charge in [-0.3, -0.25) is 4.79 Å². The number of amides is 1. The molecule has 0 radical (unpaired) electrons. The van der Waals surface area contributed by atoms with Gasteiger partial charge in [0.25, 0.3) is 5.91 Å². The number of aliphatic hydroxyl groups is 1. The van der Waals surface area contributed by atoms with E-state index in [1.54, 1.807) is 36.8 Å². The van der Waals surface area contributed by atoms with Crippen LogP contribution in [0.15, 0.2) is 55.1 Å². The summed E-state index contributed by atoms with van der Waals surface area (Å²) in [5.74, 6) is -0.233. The second-order valence-corrected chi connectivity index (χ2v) is 6.63. The van der Waals surface area contributed by atoms with Crippen molar-refractivity contribution < 1.29 is 9.90 Å². The van der Waals surface area contributed by atoms with E-state index in [1.807, 2.05) is 22.9 Å². The van der Waals surface area contributed by atoms with Gasteiger partial charge in [-0.05, 0) is 36.4 Å². The molecule has 0 unspecified atom stereocenters. The van der Waals surface area contributed by atoms with E-state index in [0.29, 0.717) is 9.90 Å². The molecule has 0 fully saturated rings. The lowest BCUT2D eigenvalue weighted by atomic mass is 10.2. The Hall–Kier alpha value is -2.15. The maximum Gasteiger partial charge on any atom is 0.251 e. The number of imidazole rings is 1. The highest BCUT2D eigenvalue weighted by molar-refractivity contribution is 7.16. The molecule has 0 aliphatic heterocycles. The summed E-state index contributed by atoms with van der Waals surface area (Å²) in [5.41, 5.74) is 1.46. The third kappa shape index (κ3) is 3.79. The molecular formula is C16H14ClN3O2S. The minimum atomic E-state index is -0.762. The van der Waals surface area contributed by atoms with Crippen molar-refractivity contribution in [2.24, 2.45) is 0 Å². The molecule has 2 N–H and O–H groups in total. The summed E-state index contributed by atoms with van der Waals surface area (Å²) in [6, 6.07) is 10.6. The molecule has 1 atom stereocenters. The van der Waals surface area contributed by atoms with Gasteiger partial charge in [0, 0.05) is 35.1 Å². The summed E-state index contributed by atoms with van der Waals surface area (Å²) < 4.78 is 2.46. The van der Waals surface area contributed by atoms with Crippen LogP contribution < -0.4 is 5.32 Å². The molecule has 0 spiro atoms. The van der Waals surface area contributed by atoms with E-state index in [-0.39, 0.29) is 12.5 Å². The molecule has 5 nitrogen and oxygen atoms in total. The second kappa shape index (κ2) is 6.95. The number of hydrogen-bond donors (Lipinski definition) is 2. The predicted molar refractivity (Wildman–Crippen MR) is 90.2 cm³/mol. The first-order valence-corrected chi connectivity index (χ1v) is 8.13. The Morgan fingerprint density at radius 1 is 1.30 bits per heavy atom. The van der Waals surface area contributed by atoms with Crippen LogP contribution in [0.3, 0.4) is 0 Å². The lowest BCUT2D eigenvalue weighted by Crippen LogP contribution is -2.28. The molecule has 23 heavy (non-hydrogen) atoms. The predicted octanol–water partition coefficient (Wildman–Crippen LogP) is 3.05. The van der Waals surface area contributed by atoms with Crippen molar-refractivity contribution in [1.82, 2.24) is 14.9 Å². The van der Waals surface area contributed by atoms with E-state index < -0.39 is 6.10 Å². The molecule has 0 bridgehead atoms. The highest BCUT2D eigenvalue weighted by Gasteiger charge is 2.12. The largest absolute Gasteiger partial charge is 0.386 e. The number of nitrogens with zero attached hydrogens (tertiary/aromatic N) is 2. The van der Waals surface area contributed by atoms with Gasteiger partial charge in [0.1, 0.15) is 6.10 Å². The van der Waals surface area contributed by atoms with Crippen LogP contribution in [0.2, 0.25) is 4.34 Å². The van der Waals surface area contributed by atoms with Crippen LogP contribution in [0.1, 0.15) is 21.3 Å². The summed E-state index contributed by atoms with van der Waals surface area (Å²) in [5, 5.41) is 12.7. The summed E-state index contributed by atoms with van der Waals surface area (Å²) in [7, 11) is 0. The Balaban J connectivity index is 1.60. The van der Waals surface area contributed by atoms with E-state index in [0.717, 1.165) is 10.6 Å². The Kier molecular flexibility index (Phi) is 4.76. The molecule has 3 aromatic rings. The van der Waals surface area contributed by atoms with Crippen LogP contribution in [0, 0.1) is 0 Å². The molecule has 7 heteroatoms. The zero-order chi connectivity index (χ0) is 16.2. The number of aromatic nitrogens is 2. The fourth-order valence-corrected chi connectivity index (χ4v) is 3.14. The number of benzene rings is 1. The second-order valence-electron chi connectivity index (χ2n) is 4.88. The van der Waals surface area contributed by atoms with Gasteiger partial charge in [0.2, 0.25) is 0 Å². The molecule has 1 amide bonds. The topological polar surface area (TPSA) is 67.2 Å². The first-order chi connectivity index (χ1) is 11.1. The lowest BCUT2D eigenvalue weighted by Gasteiger charge is -2.10. The quantitative estimate of drug-likeness (QED) is 0.745. The smallest absolute Gasteiger partial charge is 0.251 e. The van der Waals surface area contributed by atoms with E-state index in [1.165, 1.54) is 11.3 Å². The fourth-order valence-electron chi connectivity index (χ4n) is 2.10. The number of halogens is 1. The van der Waals surface area contributed by atoms with Crippen LogP contribution in [0.4, 0.5) is 0 Å². The molecule has 118 valence electrons. The first-order valence-electron chi connectivity index (χ1n) is 6.93. The number of aliphatic hydroxyl groups excluding tert-OH is 1. The maximum atomic E-state index is 12.1. The van der Waals surface area contributed by atoms with Crippen LogP contribution in [0.5, 0.6) is 0 Å². The average molecular weight is 348 g/mol. The zero-order valence-corrected chi connectivity index (χ0v) is 13.6. The highest BCUT2D eigenvalue weighted by Crippen LogP contribution is 2.26. The SMILES string of the molecule is O=C(NC[C@@H](O)c1ccc(Cl)s1)c1ccc(-n2ccnc2)cc1. The number of hydrogen-bond acceptors (Lipinski definition) is 4. The van der Waals surface area contributed by atoms with Crippen molar-refractivity contribution in [3.63, 3.8) is 0 Å². The van der Waals surface area contributed by atoms with Gasteiger partial charge in [-0.25, -0.2) is 4.98 Å². The van der Waals surface area contributed by atoms with Crippen LogP contribution in [0.25, 0.3) is 5.69 Å². The first kappa shape index (κ1) is 15.7. The molecule has 0 saturated heterocycles. The van der Waals surface area contributed by atoms with Crippen LogP contribution >= 0.6 is 22.9 Å². The van der Waals surface area contributed by atoms with Gasteiger partial charge >= 0.3 is 0 Å². The fraction of sp³-hybridized carbons (Fsp3) is 0.125. The van der Waals surface area contributed by atoms with Crippen LogP contribution in [-0.2, 0) is 0 Å². The molecule has 2 heterocycles. The molecular weight excluding hydrogens is 334 g/mol. The number of thiophene rings is 1. The maximum absolute atomic E-state index is 12.1. The monoisotopic (exact) mass is 347 g/mol. The number of rotatable bonds is 5. The van der Waals surface area contributed by atoms with Crippen LogP contribution in [-0.4, -0.2) is 27.1 Å². The molecule has 0 saturated carbocycles. The average Bonchev–Trinajstić information content (AvgIpc) is 3.24. The third-order valence-corrected chi connectivity index (χ3v) is 4.64. The molecule has 0 aliphatic carbocycles. The van der Waals surface area contributed by atoms with E-state index in [2.05, 4.69) is 10.3 Å². The van der Waals surface area contributed by atoms with E-state index >= 15 is 0 Å². The van der Waals surface area contributed by atoms with Gasteiger partial charge in [0.15, 0.2) is 0 Å². The van der Waals surface area contributed by atoms with Gasteiger partial charge < -0.3 is 15.0 Å². The number of nitrogens with one attached hydrogen (secondary N) is 1. The lowest BCUT2D eigenvalue weighted by molar-refractivity contribution is 0.0918. The van der Waals surface area contributed by atoms with Gasteiger partial charge in [-0.2, -0.15) is 0 Å². The standard InChI is InChI=1S/C16H14ClN3O2S/c17-15-6-5-14(23-15)13(21)9-19-16(22)11-1-3-12(4-2-11)20-8-7-18-10-20/h1-8,10,13,21H,9H2,(H,19,22)/t13-/m1/s1. The third-order valence-electron chi connectivity index (χ3n) is 3.31. The normalized spacial score (nSPS) is 12.1. The van der Waals surface area contributed by atoms with Crippen molar-refractivity contribution in [3.05, 3.63) is 69.9 Å². The number of carbonyl (C=O) groups excluding carboxylic acids is 1. The van der Waals surface area contributed by atoms with Crippen molar-refractivity contribution in [1.29, 1.82) is 0 Å².